The molecule has 4 rings (SSSR count). The summed E-state index contributed by atoms with van der Waals surface area (Å²) in [5.41, 5.74) is 4.28. The molecule has 9 nitrogen and oxygen atoms in total. The van der Waals surface area contributed by atoms with Crippen LogP contribution in [0.3, 0.4) is 0 Å². The lowest BCUT2D eigenvalue weighted by molar-refractivity contribution is 0.0729. The highest BCUT2D eigenvalue weighted by atomic mass is 35.5. The van der Waals surface area contributed by atoms with Crippen LogP contribution in [0.2, 0.25) is 10.0 Å². The molecule has 4 aromatic rings. The minimum absolute atomic E-state index is 0.149. The number of amides is 2. The Bertz CT molecular complexity index is 1640. The average molecular weight is 592 g/mol. The summed E-state index contributed by atoms with van der Waals surface area (Å²) in [6, 6.07) is 22.3. The van der Waals surface area contributed by atoms with Crippen LogP contribution in [0.5, 0.6) is 17.2 Å². The molecular formula is C30H23Cl2N3O6. The number of esters is 1. The molecule has 11 heteroatoms. The molecule has 2 amide bonds. The van der Waals surface area contributed by atoms with Crippen molar-refractivity contribution in [3.63, 3.8) is 0 Å². The summed E-state index contributed by atoms with van der Waals surface area (Å²) in [7, 11) is 2.94. The predicted octanol–water partition coefficient (Wildman–Crippen LogP) is 6.25. The first-order chi connectivity index (χ1) is 19.8. The van der Waals surface area contributed by atoms with Crippen molar-refractivity contribution in [2.45, 2.75) is 0 Å². The van der Waals surface area contributed by atoms with Crippen LogP contribution in [0.1, 0.15) is 36.6 Å². The fourth-order valence-electron chi connectivity index (χ4n) is 3.59. The standard InChI is InChI=1S/C30H23Cl2N3O6/c1-39-23-8-4-6-20(15-23)28(36)34-22-7-3-5-19(14-22)29(37)35-33-17-18-9-12-26(27(13-18)40-2)41-30(38)24-11-10-21(31)16-25(24)32/h3-17H,1-2H3,(H,34,36)(H,35,37). The highest BCUT2D eigenvalue weighted by Gasteiger charge is 2.16. The van der Waals surface area contributed by atoms with E-state index >= 15 is 0 Å². The molecular weight excluding hydrogens is 569 g/mol. The number of hydrazone groups is 1. The largest absolute Gasteiger partial charge is 0.497 e. The van der Waals surface area contributed by atoms with Crippen LogP contribution in [0.25, 0.3) is 0 Å². The molecule has 0 spiro atoms. The van der Waals surface area contributed by atoms with Gasteiger partial charge in [-0.3, -0.25) is 9.59 Å². The van der Waals surface area contributed by atoms with Crippen LogP contribution in [0, 0.1) is 0 Å². The molecule has 2 N–H and O–H groups in total. The number of benzene rings is 4. The minimum Gasteiger partial charge on any atom is -0.497 e. The first-order valence-corrected chi connectivity index (χ1v) is 12.8. The summed E-state index contributed by atoms with van der Waals surface area (Å²) in [6.45, 7) is 0. The minimum atomic E-state index is -0.680. The zero-order chi connectivity index (χ0) is 29.4. The van der Waals surface area contributed by atoms with E-state index in [2.05, 4.69) is 15.8 Å². The third kappa shape index (κ3) is 7.63. The van der Waals surface area contributed by atoms with Crippen molar-refractivity contribution in [2.75, 3.05) is 19.5 Å². The molecule has 0 aromatic heterocycles. The van der Waals surface area contributed by atoms with Gasteiger partial charge in [-0.25, -0.2) is 10.2 Å². The Labute approximate surface area is 245 Å². The number of nitrogens with one attached hydrogen (secondary N) is 2. The first-order valence-electron chi connectivity index (χ1n) is 12.0. The zero-order valence-electron chi connectivity index (χ0n) is 21.8. The van der Waals surface area contributed by atoms with Gasteiger partial charge in [-0.15, -0.1) is 0 Å². The van der Waals surface area contributed by atoms with E-state index in [1.807, 2.05) is 0 Å². The number of anilines is 1. The van der Waals surface area contributed by atoms with Gasteiger partial charge in [0.05, 0.1) is 31.0 Å². The predicted molar refractivity (Wildman–Crippen MR) is 157 cm³/mol. The van der Waals surface area contributed by atoms with E-state index in [0.717, 1.165) is 0 Å². The maximum absolute atomic E-state index is 12.7. The molecule has 0 radical (unpaired) electrons. The lowest BCUT2D eigenvalue weighted by Gasteiger charge is -2.11. The van der Waals surface area contributed by atoms with Gasteiger partial charge in [0.15, 0.2) is 11.5 Å². The van der Waals surface area contributed by atoms with Gasteiger partial charge >= 0.3 is 5.97 Å². The zero-order valence-corrected chi connectivity index (χ0v) is 23.3. The second-order valence-corrected chi connectivity index (χ2v) is 9.23. The fraction of sp³-hybridized carbons (Fsp3) is 0.0667. The molecule has 0 saturated heterocycles. The number of rotatable bonds is 9. The number of hydrogen-bond acceptors (Lipinski definition) is 7. The van der Waals surface area contributed by atoms with Gasteiger partial charge in [0, 0.05) is 21.8 Å². The molecule has 41 heavy (non-hydrogen) atoms. The van der Waals surface area contributed by atoms with E-state index in [-0.39, 0.29) is 33.6 Å². The Hall–Kier alpha value is -4.86. The second-order valence-electron chi connectivity index (χ2n) is 8.39. The number of halogens is 2. The lowest BCUT2D eigenvalue weighted by atomic mass is 10.1. The van der Waals surface area contributed by atoms with Crippen LogP contribution in [-0.4, -0.2) is 38.2 Å². The molecule has 0 saturated carbocycles. The van der Waals surface area contributed by atoms with Gasteiger partial charge in [-0.05, 0) is 78.4 Å². The molecule has 0 heterocycles. The number of carbonyl (C=O) groups is 3. The molecule has 4 aromatic carbocycles. The van der Waals surface area contributed by atoms with Gasteiger partial charge in [0.1, 0.15) is 5.75 Å². The summed E-state index contributed by atoms with van der Waals surface area (Å²) in [4.78, 5) is 37.8. The molecule has 0 aliphatic rings. The van der Waals surface area contributed by atoms with Crippen LogP contribution < -0.4 is 25.0 Å². The Morgan fingerprint density at radius 3 is 2.27 bits per heavy atom. The van der Waals surface area contributed by atoms with E-state index in [9.17, 15) is 14.4 Å². The Morgan fingerprint density at radius 2 is 1.54 bits per heavy atom. The van der Waals surface area contributed by atoms with Crippen molar-refractivity contribution in [1.29, 1.82) is 0 Å². The maximum atomic E-state index is 12.7. The Morgan fingerprint density at radius 1 is 0.780 bits per heavy atom. The van der Waals surface area contributed by atoms with Crippen molar-refractivity contribution in [3.8, 4) is 17.2 Å². The van der Waals surface area contributed by atoms with Crippen molar-refractivity contribution in [2.24, 2.45) is 5.10 Å². The molecule has 0 fully saturated rings. The van der Waals surface area contributed by atoms with Gasteiger partial charge in [0.25, 0.3) is 11.8 Å². The van der Waals surface area contributed by atoms with Crippen molar-refractivity contribution in [1.82, 2.24) is 5.43 Å². The summed E-state index contributed by atoms with van der Waals surface area (Å²) < 4.78 is 15.9. The highest BCUT2D eigenvalue weighted by molar-refractivity contribution is 6.36. The SMILES string of the molecule is COc1cccc(C(=O)Nc2cccc(C(=O)NN=Cc3ccc(OC(=O)c4ccc(Cl)cc4Cl)c(OC)c3)c2)c1. The van der Waals surface area contributed by atoms with Crippen LogP contribution in [0.4, 0.5) is 5.69 Å². The number of carbonyl (C=O) groups excluding carboxylic acids is 3. The Kier molecular flexibility index (Phi) is 9.57. The van der Waals surface area contributed by atoms with Gasteiger partial charge < -0.3 is 19.5 Å². The molecule has 0 aliphatic carbocycles. The third-order valence-electron chi connectivity index (χ3n) is 5.64. The average Bonchev–Trinajstić information content (AvgIpc) is 2.97. The maximum Gasteiger partial charge on any atom is 0.345 e. The van der Waals surface area contributed by atoms with Crippen LogP contribution in [-0.2, 0) is 0 Å². The van der Waals surface area contributed by atoms with E-state index < -0.39 is 11.9 Å². The van der Waals surface area contributed by atoms with E-state index in [1.165, 1.54) is 50.8 Å². The van der Waals surface area contributed by atoms with Gasteiger partial charge in [0.2, 0.25) is 0 Å². The van der Waals surface area contributed by atoms with Gasteiger partial charge in [-0.2, -0.15) is 5.10 Å². The third-order valence-corrected chi connectivity index (χ3v) is 6.18. The summed E-state index contributed by atoms with van der Waals surface area (Å²) in [5.74, 6) is -0.536. The van der Waals surface area contributed by atoms with Crippen LogP contribution >= 0.6 is 23.2 Å². The topological polar surface area (TPSA) is 115 Å². The van der Waals surface area contributed by atoms with E-state index in [0.29, 0.717) is 27.6 Å². The summed E-state index contributed by atoms with van der Waals surface area (Å²) in [5, 5.41) is 7.30. The molecule has 0 unspecified atom stereocenters. The quantitative estimate of drug-likeness (QED) is 0.103. The first kappa shape index (κ1) is 29.1. The lowest BCUT2D eigenvalue weighted by Crippen LogP contribution is -2.18. The number of ether oxygens (including phenoxy) is 3. The van der Waals surface area contributed by atoms with E-state index in [1.54, 1.807) is 54.6 Å². The number of methoxy groups -OCH3 is 2. The molecule has 208 valence electrons. The second kappa shape index (κ2) is 13.5. The van der Waals surface area contributed by atoms with E-state index in [4.69, 9.17) is 37.4 Å². The molecule has 0 atom stereocenters. The smallest absolute Gasteiger partial charge is 0.345 e. The Balaban J connectivity index is 1.38. The fourth-order valence-corrected chi connectivity index (χ4v) is 4.08. The summed E-state index contributed by atoms with van der Waals surface area (Å²) >= 11 is 12.0. The van der Waals surface area contributed by atoms with Gasteiger partial charge in [-0.1, -0.05) is 35.3 Å². The van der Waals surface area contributed by atoms with Crippen LogP contribution in [0.15, 0.2) is 90.0 Å². The van der Waals surface area contributed by atoms with Crippen molar-refractivity contribution < 1.29 is 28.6 Å². The number of nitrogens with zero attached hydrogens (tertiary/aromatic N) is 1. The normalized spacial score (nSPS) is 10.6. The van der Waals surface area contributed by atoms with Crippen molar-refractivity contribution in [3.05, 3.63) is 117 Å². The number of hydrogen-bond donors (Lipinski definition) is 2. The molecule has 0 aliphatic heterocycles. The molecule has 0 bridgehead atoms. The monoisotopic (exact) mass is 591 g/mol. The van der Waals surface area contributed by atoms with Crippen molar-refractivity contribution >= 4 is 52.9 Å². The summed E-state index contributed by atoms with van der Waals surface area (Å²) in [6.07, 6.45) is 1.40. The highest BCUT2D eigenvalue weighted by Crippen LogP contribution is 2.30.